The van der Waals surface area contributed by atoms with E-state index in [0.29, 0.717) is 13.0 Å². The smallest absolute Gasteiger partial charge is 0.227 e. The number of hydrogen-bond acceptors (Lipinski definition) is 2. The minimum atomic E-state index is -0.236. The van der Waals surface area contributed by atoms with Gasteiger partial charge in [0, 0.05) is 0 Å². The molecule has 0 aliphatic carbocycles. The molecule has 1 N–H and O–H groups in total. The molecule has 1 aliphatic rings. The van der Waals surface area contributed by atoms with Crippen LogP contribution in [0, 0.1) is 18.3 Å². The predicted octanol–water partition coefficient (Wildman–Crippen LogP) is 1.38. The van der Waals surface area contributed by atoms with E-state index in [-0.39, 0.29) is 17.9 Å². The molecule has 88 valence electrons. The van der Waals surface area contributed by atoms with E-state index in [0.717, 1.165) is 11.3 Å². The second-order valence-corrected chi connectivity index (χ2v) is 4.22. The Morgan fingerprint density at radius 1 is 1.59 bits per heavy atom. The Hall–Kier alpha value is -1.95. The number of nitrogens with one attached hydrogen (secondary N) is 1. The summed E-state index contributed by atoms with van der Waals surface area (Å²) in [5, 5.41) is 2.78. The molecule has 0 saturated heterocycles. The van der Waals surface area contributed by atoms with E-state index in [1.165, 1.54) is 0 Å². The van der Waals surface area contributed by atoms with Crippen LogP contribution in [-0.2, 0) is 11.2 Å². The monoisotopic (exact) mass is 229 g/mol. The molecule has 3 heteroatoms. The van der Waals surface area contributed by atoms with Gasteiger partial charge in [-0.3, -0.25) is 4.79 Å². The van der Waals surface area contributed by atoms with E-state index in [4.69, 9.17) is 11.2 Å². The molecule has 1 amide bonds. The number of benzene rings is 1. The highest BCUT2D eigenvalue weighted by atomic mass is 16.5. The maximum Gasteiger partial charge on any atom is 0.227 e. The van der Waals surface area contributed by atoms with Crippen LogP contribution in [0.25, 0.3) is 0 Å². The lowest BCUT2D eigenvalue weighted by Crippen LogP contribution is -2.41. The van der Waals surface area contributed by atoms with E-state index in [9.17, 15) is 4.79 Å². The Morgan fingerprint density at radius 3 is 3.12 bits per heavy atom. The molecule has 2 rings (SSSR count). The first kappa shape index (κ1) is 11.5. The zero-order valence-electron chi connectivity index (χ0n) is 9.77. The molecule has 1 heterocycles. The highest BCUT2D eigenvalue weighted by molar-refractivity contribution is 5.80. The molecule has 0 fully saturated rings. The maximum absolute atomic E-state index is 11.9. The number of hydrogen-bond donors (Lipinski definition) is 1. The molecular weight excluding hydrogens is 214 g/mol. The first-order valence-corrected chi connectivity index (χ1v) is 5.68. The van der Waals surface area contributed by atoms with Crippen LogP contribution >= 0.6 is 0 Å². The van der Waals surface area contributed by atoms with Crippen molar-refractivity contribution >= 4 is 5.91 Å². The fourth-order valence-electron chi connectivity index (χ4n) is 1.87. The molecule has 0 aromatic heterocycles. The van der Waals surface area contributed by atoms with Gasteiger partial charge in [-0.15, -0.1) is 6.42 Å². The normalized spacial score (nSPS) is 19.4. The lowest BCUT2D eigenvalue weighted by atomic mass is 9.96. The first-order valence-electron chi connectivity index (χ1n) is 5.68. The zero-order valence-corrected chi connectivity index (χ0v) is 9.77. The van der Waals surface area contributed by atoms with Crippen LogP contribution in [-0.4, -0.2) is 18.6 Å². The van der Waals surface area contributed by atoms with Crippen molar-refractivity contribution in [3.63, 3.8) is 0 Å². The third-order valence-corrected chi connectivity index (χ3v) is 2.86. The zero-order chi connectivity index (χ0) is 12.3. The van der Waals surface area contributed by atoms with E-state index in [2.05, 4.69) is 11.2 Å². The number of carbonyl (C=O) groups is 1. The maximum atomic E-state index is 11.9. The Bertz CT molecular complexity index is 462. The standard InChI is InChI=1S/C14H15NO2/c1-3-10(2)15-14(16)12-8-11-6-4-5-7-13(11)17-9-12/h1,4-7,10,12H,8-9H2,2H3,(H,15,16). The Labute approximate surface area is 101 Å². The predicted molar refractivity (Wildman–Crippen MR) is 65.6 cm³/mol. The SMILES string of the molecule is C#CC(C)NC(=O)C1COc2ccccc2C1. The molecule has 3 nitrogen and oxygen atoms in total. The summed E-state index contributed by atoms with van der Waals surface area (Å²) in [4.78, 5) is 11.9. The topological polar surface area (TPSA) is 38.3 Å². The summed E-state index contributed by atoms with van der Waals surface area (Å²) >= 11 is 0. The summed E-state index contributed by atoms with van der Waals surface area (Å²) in [6.07, 6.45) is 5.94. The van der Waals surface area contributed by atoms with Crippen molar-refractivity contribution in [3.05, 3.63) is 29.8 Å². The van der Waals surface area contributed by atoms with Crippen molar-refractivity contribution in [3.8, 4) is 18.1 Å². The van der Waals surface area contributed by atoms with Gasteiger partial charge in [-0.25, -0.2) is 0 Å². The molecule has 17 heavy (non-hydrogen) atoms. The third-order valence-electron chi connectivity index (χ3n) is 2.86. The van der Waals surface area contributed by atoms with Gasteiger partial charge in [-0.1, -0.05) is 24.1 Å². The third kappa shape index (κ3) is 2.59. The largest absolute Gasteiger partial charge is 0.492 e. The molecule has 2 atom stereocenters. The Morgan fingerprint density at radius 2 is 2.35 bits per heavy atom. The van der Waals surface area contributed by atoms with Crippen LogP contribution in [0.2, 0.25) is 0 Å². The average molecular weight is 229 g/mol. The van der Waals surface area contributed by atoms with Crippen molar-refractivity contribution in [1.82, 2.24) is 5.32 Å². The summed E-state index contributed by atoms with van der Waals surface area (Å²) in [7, 11) is 0. The first-order chi connectivity index (χ1) is 8.20. The number of terminal acetylenes is 1. The molecule has 1 aromatic rings. The molecule has 1 aromatic carbocycles. The van der Waals surface area contributed by atoms with Crippen molar-refractivity contribution in [2.24, 2.45) is 5.92 Å². The van der Waals surface area contributed by atoms with Gasteiger partial charge >= 0.3 is 0 Å². The highest BCUT2D eigenvalue weighted by Gasteiger charge is 2.26. The fraction of sp³-hybridized carbons (Fsp3) is 0.357. The van der Waals surface area contributed by atoms with E-state index in [1.807, 2.05) is 24.3 Å². The minimum absolute atomic E-state index is 0.0371. The second-order valence-electron chi connectivity index (χ2n) is 4.22. The molecule has 1 aliphatic heterocycles. The van der Waals surface area contributed by atoms with E-state index in [1.54, 1.807) is 6.92 Å². The van der Waals surface area contributed by atoms with E-state index < -0.39 is 0 Å². The quantitative estimate of drug-likeness (QED) is 0.778. The number of amides is 1. The molecule has 2 unspecified atom stereocenters. The van der Waals surface area contributed by atoms with Crippen molar-refractivity contribution in [1.29, 1.82) is 0 Å². The van der Waals surface area contributed by atoms with Crippen LogP contribution in [0.15, 0.2) is 24.3 Å². The van der Waals surface area contributed by atoms with Gasteiger partial charge in [0.15, 0.2) is 0 Å². The highest BCUT2D eigenvalue weighted by Crippen LogP contribution is 2.26. The lowest BCUT2D eigenvalue weighted by molar-refractivity contribution is -0.126. The lowest BCUT2D eigenvalue weighted by Gasteiger charge is -2.25. The second kappa shape index (κ2) is 4.92. The van der Waals surface area contributed by atoms with Crippen LogP contribution in [0.4, 0.5) is 0 Å². The van der Waals surface area contributed by atoms with E-state index >= 15 is 0 Å². The van der Waals surface area contributed by atoms with Crippen LogP contribution in [0.3, 0.4) is 0 Å². The fourth-order valence-corrected chi connectivity index (χ4v) is 1.87. The number of fused-ring (bicyclic) bond motifs is 1. The van der Waals surface area contributed by atoms with Gasteiger partial charge in [-0.2, -0.15) is 0 Å². The number of para-hydroxylation sites is 1. The van der Waals surface area contributed by atoms with Gasteiger partial charge in [0.25, 0.3) is 0 Å². The molecule has 0 radical (unpaired) electrons. The number of ether oxygens (including phenoxy) is 1. The van der Waals surface area contributed by atoms with Gasteiger partial charge in [-0.05, 0) is 25.0 Å². The molecule has 0 spiro atoms. The molecular formula is C14H15NO2. The molecule has 0 saturated carbocycles. The summed E-state index contributed by atoms with van der Waals surface area (Å²) in [6, 6.07) is 7.55. The van der Waals surface area contributed by atoms with Crippen molar-refractivity contribution in [2.45, 2.75) is 19.4 Å². The van der Waals surface area contributed by atoms with Gasteiger partial charge in [0.1, 0.15) is 12.4 Å². The van der Waals surface area contributed by atoms with Crippen molar-refractivity contribution < 1.29 is 9.53 Å². The molecule has 0 bridgehead atoms. The average Bonchev–Trinajstić information content (AvgIpc) is 2.38. The van der Waals surface area contributed by atoms with Gasteiger partial charge in [0.2, 0.25) is 5.91 Å². The van der Waals surface area contributed by atoms with Crippen LogP contribution < -0.4 is 10.1 Å². The van der Waals surface area contributed by atoms with Gasteiger partial charge < -0.3 is 10.1 Å². The summed E-state index contributed by atoms with van der Waals surface area (Å²) < 4.78 is 5.56. The summed E-state index contributed by atoms with van der Waals surface area (Å²) in [5.41, 5.74) is 1.08. The Kier molecular flexibility index (Phi) is 3.34. The summed E-state index contributed by atoms with van der Waals surface area (Å²) in [5.74, 6) is 3.17. The Balaban J connectivity index is 2.03. The number of carbonyl (C=O) groups excluding carboxylic acids is 1. The van der Waals surface area contributed by atoms with Gasteiger partial charge in [0.05, 0.1) is 12.0 Å². The van der Waals surface area contributed by atoms with Crippen LogP contribution in [0.1, 0.15) is 12.5 Å². The van der Waals surface area contributed by atoms with Crippen molar-refractivity contribution in [2.75, 3.05) is 6.61 Å². The minimum Gasteiger partial charge on any atom is -0.492 e. The number of rotatable bonds is 2. The summed E-state index contributed by atoms with van der Waals surface area (Å²) in [6.45, 7) is 2.20. The van der Waals surface area contributed by atoms with Crippen LogP contribution in [0.5, 0.6) is 5.75 Å².